The third kappa shape index (κ3) is 2.87. The van der Waals surface area contributed by atoms with Crippen molar-refractivity contribution in [1.82, 2.24) is 4.98 Å². The van der Waals surface area contributed by atoms with E-state index in [2.05, 4.69) is 11.1 Å². The van der Waals surface area contributed by atoms with Gasteiger partial charge in [0.2, 0.25) is 5.88 Å². The number of methoxy groups -OCH3 is 2. The molecule has 0 unspecified atom stereocenters. The highest BCUT2D eigenvalue weighted by atomic mass is 16.7. The molecule has 20 heavy (non-hydrogen) atoms. The summed E-state index contributed by atoms with van der Waals surface area (Å²) in [4.78, 5) is 4.14. The minimum Gasteiger partial charge on any atom is -0.481 e. The van der Waals surface area contributed by atoms with Crippen LogP contribution in [0.5, 0.6) is 11.6 Å². The van der Waals surface area contributed by atoms with Crippen LogP contribution in [0.1, 0.15) is 5.56 Å². The van der Waals surface area contributed by atoms with Crippen molar-refractivity contribution < 1.29 is 14.2 Å². The molecule has 0 fully saturated rings. The average Bonchev–Trinajstić information content (AvgIpc) is 2.52. The molecule has 1 aromatic carbocycles. The van der Waals surface area contributed by atoms with E-state index in [4.69, 9.17) is 14.2 Å². The summed E-state index contributed by atoms with van der Waals surface area (Å²) < 4.78 is 15.4. The van der Waals surface area contributed by atoms with E-state index in [-0.39, 0.29) is 6.79 Å². The molecule has 0 spiro atoms. The van der Waals surface area contributed by atoms with Gasteiger partial charge >= 0.3 is 0 Å². The van der Waals surface area contributed by atoms with Gasteiger partial charge in [-0.25, -0.2) is 4.98 Å². The van der Waals surface area contributed by atoms with Crippen LogP contribution in [0, 0.1) is 11.3 Å². The van der Waals surface area contributed by atoms with E-state index < -0.39 is 0 Å². The van der Waals surface area contributed by atoms with E-state index in [9.17, 15) is 5.26 Å². The lowest BCUT2D eigenvalue weighted by molar-refractivity contribution is 0.0509. The van der Waals surface area contributed by atoms with Gasteiger partial charge in [0.1, 0.15) is 11.8 Å². The van der Waals surface area contributed by atoms with Gasteiger partial charge in [0.05, 0.1) is 12.7 Å². The quantitative estimate of drug-likeness (QED) is 0.781. The van der Waals surface area contributed by atoms with E-state index in [1.165, 1.54) is 7.11 Å². The highest BCUT2D eigenvalue weighted by Crippen LogP contribution is 2.31. The Morgan fingerprint density at radius 1 is 1.25 bits per heavy atom. The first-order chi connectivity index (χ1) is 9.80. The van der Waals surface area contributed by atoms with E-state index in [1.54, 1.807) is 25.4 Å². The Hall–Kier alpha value is -2.58. The van der Waals surface area contributed by atoms with Gasteiger partial charge < -0.3 is 14.2 Å². The average molecular weight is 270 g/mol. The highest BCUT2D eigenvalue weighted by molar-refractivity contribution is 5.71. The lowest BCUT2D eigenvalue weighted by Crippen LogP contribution is -2.00. The summed E-state index contributed by atoms with van der Waals surface area (Å²) in [6.07, 6.45) is 1.66. The number of pyridine rings is 1. The molecule has 0 aliphatic rings. The second kappa shape index (κ2) is 6.55. The van der Waals surface area contributed by atoms with E-state index in [0.717, 1.165) is 11.1 Å². The molecular formula is C15H14N2O3. The minimum atomic E-state index is 0.101. The summed E-state index contributed by atoms with van der Waals surface area (Å²) in [5, 5.41) is 9.20. The summed E-state index contributed by atoms with van der Waals surface area (Å²) in [5.41, 5.74) is 2.10. The molecule has 2 aromatic rings. The van der Waals surface area contributed by atoms with Crippen LogP contribution in [0.15, 0.2) is 36.5 Å². The largest absolute Gasteiger partial charge is 0.481 e. The van der Waals surface area contributed by atoms with Crippen LogP contribution in [0.4, 0.5) is 0 Å². The van der Waals surface area contributed by atoms with Crippen LogP contribution in [-0.4, -0.2) is 26.0 Å². The predicted octanol–water partition coefficient (Wildman–Crippen LogP) is 2.61. The van der Waals surface area contributed by atoms with Crippen molar-refractivity contribution >= 4 is 0 Å². The number of benzene rings is 1. The van der Waals surface area contributed by atoms with Crippen LogP contribution in [0.25, 0.3) is 11.1 Å². The van der Waals surface area contributed by atoms with Crippen molar-refractivity contribution in [3.05, 3.63) is 42.1 Å². The first kappa shape index (κ1) is 13.8. The van der Waals surface area contributed by atoms with E-state index >= 15 is 0 Å². The van der Waals surface area contributed by atoms with Crippen molar-refractivity contribution in [3.63, 3.8) is 0 Å². The molecule has 1 aromatic heterocycles. The monoisotopic (exact) mass is 270 g/mol. The third-order valence-electron chi connectivity index (χ3n) is 2.71. The molecular weight excluding hydrogens is 256 g/mol. The molecule has 2 rings (SSSR count). The van der Waals surface area contributed by atoms with Crippen LogP contribution in [0.2, 0.25) is 0 Å². The van der Waals surface area contributed by atoms with Gasteiger partial charge in [-0.05, 0) is 29.8 Å². The number of aromatic nitrogens is 1. The summed E-state index contributed by atoms with van der Waals surface area (Å²) in [7, 11) is 3.09. The Kier molecular flexibility index (Phi) is 4.53. The van der Waals surface area contributed by atoms with Crippen LogP contribution in [0.3, 0.4) is 0 Å². The molecule has 0 amide bonds. The topological polar surface area (TPSA) is 64.4 Å². The first-order valence-electron chi connectivity index (χ1n) is 5.95. The lowest BCUT2D eigenvalue weighted by atomic mass is 10.0. The molecule has 0 radical (unpaired) electrons. The number of ether oxygens (including phenoxy) is 3. The third-order valence-corrected chi connectivity index (χ3v) is 2.71. The number of rotatable bonds is 5. The van der Waals surface area contributed by atoms with Crippen molar-refractivity contribution in [2.75, 3.05) is 21.0 Å². The zero-order valence-electron chi connectivity index (χ0n) is 11.3. The number of nitrogens with zero attached hydrogens (tertiary/aromatic N) is 2. The minimum absolute atomic E-state index is 0.101. The SMILES string of the molecule is COCOc1ccc(-c2cccnc2OC)cc1C#N. The fourth-order valence-electron chi connectivity index (χ4n) is 1.81. The van der Waals surface area contributed by atoms with Gasteiger partial charge in [0, 0.05) is 18.9 Å². The Bertz CT molecular complexity index is 635. The normalized spacial score (nSPS) is 9.85. The fraction of sp³-hybridized carbons (Fsp3) is 0.200. The maximum atomic E-state index is 9.20. The molecule has 102 valence electrons. The maximum absolute atomic E-state index is 9.20. The molecule has 0 bridgehead atoms. The second-order valence-electron chi connectivity index (χ2n) is 3.93. The fourth-order valence-corrected chi connectivity index (χ4v) is 1.81. The van der Waals surface area contributed by atoms with Gasteiger partial charge in [0.25, 0.3) is 0 Å². The van der Waals surface area contributed by atoms with Crippen molar-refractivity contribution in [3.8, 4) is 28.8 Å². The second-order valence-corrected chi connectivity index (χ2v) is 3.93. The molecule has 0 aliphatic carbocycles. The molecule has 5 heteroatoms. The zero-order valence-corrected chi connectivity index (χ0v) is 11.3. The van der Waals surface area contributed by atoms with Gasteiger partial charge in [-0.15, -0.1) is 0 Å². The molecule has 0 saturated heterocycles. The Morgan fingerprint density at radius 3 is 2.80 bits per heavy atom. The lowest BCUT2D eigenvalue weighted by Gasteiger charge is -2.10. The molecule has 0 aliphatic heterocycles. The smallest absolute Gasteiger partial charge is 0.221 e. The molecule has 0 saturated carbocycles. The van der Waals surface area contributed by atoms with Gasteiger partial charge in [-0.2, -0.15) is 5.26 Å². The van der Waals surface area contributed by atoms with E-state index in [0.29, 0.717) is 17.2 Å². The number of hydrogen-bond donors (Lipinski definition) is 0. The first-order valence-corrected chi connectivity index (χ1v) is 5.95. The predicted molar refractivity (Wildman–Crippen MR) is 73.4 cm³/mol. The summed E-state index contributed by atoms with van der Waals surface area (Å²) >= 11 is 0. The maximum Gasteiger partial charge on any atom is 0.221 e. The van der Waals surface area contributed by atoms with Gasteiger partial charge in [0.15, 0.2) is 6.79 Å². The molecule has 0 atom stereocenters. The number of nitriles is 1. The van der Waals surface area contributed by atoms with Crippen LogP contribution >= 0.6 is 0 Å². The molecule has 1 heterocycles. The van der Waals surface area contributed by atoms with Gasteiger partial charge in [-0.1, -0.05) is 6.07 Å². The van der Waals surface area contributed by atoms with Crippen molar-refractivity contribution in [2.45, 2.75) is 0 Å². The summed E-state index contributed by atoms with van der Waals surface area (Å²) in [6, 6.07) is 11.1. The zero-order chi connectivity index (χ0) is 14.4. The van der Waals surface area contributed by atoms with Crippen molar-refractivity contribution in [2.24, 2.45) is 0 Å². The van der Waals surface area contributed by atoms with Gasteiger partial charge in [-0.3, -0.25) is 0 Å². The Labute approximate surface area is 117 Å². The van der Waals surface area contributed by atoms with Crippen molar-refractivity contribution in [1.29, 1.82) is 5.26 Å². The Morgan fingerprint density at radius 2 is 2.10 bits per heavy atom. The Balaban J connectivity index is 2.41. The number of hydrogen-bond acceptors (Lipinski definition) is 5. The summed E-state index contributed by atoms with van der Waals surface area (Å²) in [5.74, 6) is 1.00. The van der Waals surface area contributed by atoms with Crippen LogP contribution in [-0.2, 0) is 4.74 Å². The standard InChI is InChI=1S/C15H14N2O3/c1-18-10-20-14-6-5-11(8-12(14)9-16)13-4-3-7-17-15(13)19-2/h3-8H,10H2,1-2H3. The van der Waals surface area contributed by atoms with Crippen LogP contribution < -0.4 is 9.47 Å². The van der Waals surface area contributed by atoms with E-state index in [1.807, 2.05) is 18.2 Å². The highest BCUT2D eigenvalue weighted by Gasteiger charge is 2.10. The molecule has 5 nitrogen and oxygen atoms in total. The molecule has 0 N–H and O–H groups in total. The summed E-state index contributed by atoms with van der Waals surface area (Å²) in [6.45, 7) is 0.101.